The van der Waals surface area contributed by atoms with Crippen LogP contribution in [0, 0.1) is 0 Å². The van der Waals surface area contributed by atoms with Crippen LogP contribution in [0.4, 0.5) is 0 Å². The van der Waals surface area contributed by atoms with E-state index in [0.717, 1.165) is 30.2 Å². The molecule has 0 aliphatic carbocycles. The Kier molecular flexibility index (Phi) is 6.81. The Morgan fingerprint density at radius 2 is 2.12 bits per heavy atom. The van der Waals surface area contributed by atoms with E-state index in [-0.39, 0.29) is 11.9 Å². The number of benzene rings is 1. The van der Waals surface area contributed by atoms with Gasteiger partial charge in [0.1, 0.15) is 5.69 Å². The number of nitrogens with one attached hydrogen (secondary N) is 2. The Bertz CT molecular complexity index is 795. The number of rotatable bonds is 8. The quantitative estimate of drug-likeness (QED) is 0.497. The van der Waals surface area contributed by atoms with Crippen LogP contribution in [-0.4, -0.2) is 16.9 Å². The lowest BCUT2D eigenvalue weighted by atomic mass is 10.0. The van der Waals surface area contributed by atoms with Crippen molar-refractivity contribution in [3.8, 4) is 0 Å². The second kappa shape index (κ2) is 9.07. The van der Waals surface area contributed by atoms with Crippen molar-refractivity contribution in [1.29, 1.82) is 0 Å². The van der Waals surface area contributed by atoms with Crippen LogP contribution in [0.3, 0.4) is 0 Å². The van der Waals surface area contributed by atoms with Crippen molar-refractivity contribution in [3.63, 3.8) is 0 Å². The molecule has 0 bridgehead atoms. The number of aryl methyl sites for hydroxylation is 1. The first-order chi connectivity index (χ1) is 12.1. The highest BCUT2D eigenvalue weighted by Crippen LogP contribution is 2.18. The highest BCUT2D eigenvalue weighted by atomic mass is 16.1. The first kappa shape index (κ1) is 18.8. The average molecular weight is 336 g/mol. The summed E-state index contributed by atoms with van der Waals surface area (Å²) in [5.74, 6) is -0.0727. The highest BCUT2D eigenvalue weighted by molar-refractivity contribution is 5.98. The van der Waals surface area contributed by atoms with E-state index >= 15 is 0 Å². The number of hydrogen-bond donors (Lipinski definition) is 2. The van der Waals surface area contributed by atoms with Crippen molar-refractivity contribution in [2.24, 2.45) is 0 Å². The summed E-state index contributed by atoms with van der Waals surface area (Å²) in [5.41, 5.74) is 4.08. The van der Waals surface area contributed by atoms with E-state index in [0.29, 0.717) is 5.69 Å². The molecule has 3 nitrogen and oxygen atoms in total. The van der Waals surface area contributed by atoms with Gasteiger partial charge in [-0.25, -0.2) is 0 Å². The molecule has 0 spiro atoms. The lowest BCUT2D eigenvalue weighted by molar-refractivity contribution is 0.0941. The standard InChI is InChI=1S/C22H28N2O/c1-5-8-9-11-18(10-6-2)16(4)23-22(25)21-15-19-14-17(7-3)12-13-20(19)24-21/h5,8-10,12-16,24H,1,6-7,11H2,2-4H3,(H,23,25)/b9-8-,18-10+. The topological polar surface area (TPSA) is 44.9 Å². The number of aromatic nitrogens is 1. The fourth-order valence-electron chi connectivity index (χ4n) is 2.89. The molecule has 0 saturated heterocycles. The van der Waals surface area contributed by atoms with Gasteiger partial charge >= 0.3 is 0 Å². The van der Waals surface area contributed by atoms with Crippen molar-refractivity contribution in [2.75, 3.05) is 0 Å². The smallest absolute Gasteiger partial charge is 0.268 e. The molecule has 1 unspecified atom stereocenters. The molecule has 2 rings (SSSR count). The van der Waals surface area contributed by atoms with Crippen molar-refractivity contribution in [2.45, 2.75) is 46.1 Å². The van der Waals surface area contributed by atoms with Gasteiger partial charge in [0.25, 0.3) is 5.91 Å². The molecule has 1 atom stereocenters. The van der Waals surface area contributed by atoms with Crippen LogP contribution in [0.15, 0.2) is 60.7 Å². The summed E-state index contributed by atoms with van der Waals surface area (Å²) in [5, 5.41) is 4.18. The van der Waals surface area contributed by atoms with E-state index in [9.17, 15) is 4.79 Å². The van der Waals surface area contributed by atoms with E-state index in [1.54, 1.807) is 6.08 Å². The Morgan fingerprint density at radius 3 is 2.80 bits per heavy atom. The number of carbonyl (C=O) groups is 1. The fourth-order valence-corrected chi connectivity index (χ4v) is 2.89. The number of fused-ring (bicyclic) bond motifs is 1. The van der Waals surface area contributed by atoms with E-state index in [1.807, 2.05) is 25.1 Å². The molecule has 3 heteroatoms. The Morgan fingerprint density at radius 1 is 1.32 bits per heavy atom. The predicted octanol–water partition coefficient (Wildman–Crippen LogP) is 5.32. The van der Waals surface area contributed by atoms with Gasteiger partial charge in [0.05, 0.1) is 0 Å². The SMILES string of the molecule is C=C/C=C\C/C(=C\CC)C(C)NC(=O)c1cc2cc(CC)ccc2[nH]1. The number of hydrogen-bond acceptors (Lipinski definition) is 1. The van der Waals surface area contributed by atoms with Gasteiger partial charge in [0.2, 0.25) is 0 Å². The number of allylic oxidation sites excluding steroid dienone is 4. The summed E-state index contributed by atoms with van der Waals surface area (Å²) in [4.78, 5) is 15.8. The molecular formula is C22H28N2O. The maximum Gasteiger partial charge on any atom is 0.268 e. The van der Waals surface area contributed by atoms with Crippen molar-refractivity contribution < 1.29 is 4.79 Å². The molecule has 1 aromatic heterocycles. The summed E-state index contributed by atoms with van der Waals surface area (Å²) in [6, 6.07) is 8.18. The minimum Gasteiger partial charge on any atom is -0.351 e. The average Bonchev–Trinajstić information content (AvgIpc) is 3.04. The van der Waals surface area contributed by atoms with Crippen LogP contribution in [0.5, 0.6) is 0 Å². The summed E-state index contributed by atoms with van der Waals surface area (Å²) in [6.45, 7) is 9.95. The summed E-state index contributed by atoms with van der Waals surface area (Å²) >= 11 is 0. The number of carbonyl (C=O) groups excluding carboxylic acids is 1. The van der Waals surface area contributed by atoms with Crippen LogP contribution in [0.25, 0.3) is 10.9 Å². The van der Waals surface area contributed by atoms with E-state index < -0.39 is 0 Å². The lowest BCUT2D eigenvalue weighted by Crippen LogP contribution is -2.34. The molecule has 1 aromatic carbocycles. The molecule has 0 radical (unpaired) electrons. The molecular weight excluding hydrogens is 308 g/mol. The normalized spacial score (nSPS) is 13.3. The van der Waals surface area contributed by atoms with E-state index in [1.165, 1.54) is 11.1 Å². The van der Waals surface area contributed by atoms with Gasteiger partial charge in [-0.2, -0.15) is 0 Å². The number of amides is 1. The first-order valence-corrected chi connectivity index (χ1v) is 8.98. The summed E-state index contributed by atoms with van der Waals surface area (Å²) < 4.78 is 0. The van der Waals surface area contributed by atoms with Crippen LogP contribution in [0.1, 0.15) is 49.7 Å². The minimum absolute atomic E-state index is 0.0143. The van der Waals surface area contributed by atoms with Gasteiger partial charge < -0.3 is 10.3 Å². The van der Waals surface area contributed by atoms with Gasteiger partial charge in [-0.3, -0.25) is 4.79 Å². The van der Waals surface area contributed by atoms with Crippen LogP contribution in [0.2, 0.25) is 0 Å². The molecule has 2 N–H and O–H groups in total. The van der Waals surface area contributed by atoms with Crippen LogP contribution >= 0.6 is 0 Å². The Labute approximate surface area is 150 Å². The lowest BCUT2D eigenvalue weighted by Gasteiger charge is -2.16. The Hall–Kier alpha value is -2.55. The molecule has 1 amide bonds. The zero-order valence-electron chi connectivity index (χ0n) is 15.4. The van der Waals surface area contributed by atoms with Crippen molar-refractivity contribution in [3.05, 3.63) is 72.0 Å². The van der Waals surface area contributed by atoms with Crippen molar-refractivity contribution >= 4 is 16.8 Å². The third-order valence-corrected chi connectivity index (χ3v) is 4.33. The van der Waals surface area contributed by atoms with Crippen LogP contribution < -0.4 is 5.32 Å². The predicted molar refractivity (Wildman–Crippen MR) is 107 cm³/mol. The second-order valence-corrected chi connectivity index (χ2v) is 6.21. The van der Waals surface area contributed by atoms with Crippen molar-refractivity contribution in [1.82, 2.24) is 10.3 Å². The monoisotopic (exact) mass is 336 g/mol. The summed E-state index contributed by atoms with van der Waals surface area (Å²) in [6.07, 6.45) is 10.7. The molecule has 0 fully saturated rings. The van der Waals surface area contributed by atoms with Gasteiger partial charge in [-0.15, -0.1) is 0 Å². The van der Waals surface area contributed by atoms with Gasteiger partial charge in [-0.1, -0.05) is 50.8 Å². The van der Waals surface area contributed by atoms with Gasteiger partial charge in [0, 0.05) is 16.9 Å². The number of H-pyrrole nitrogens is 1. The third-order valence-electron chi connectivity index (χ3n) is 4.33. The zero-order valence-corrected chi connectivity index (χ0v) is 15.4. The van der Waals surface area contributed by atoms with Gasteiger partial charge in [0.15, 0.2) is 0 Å². The van der Waals surface area contributed by atoms with Crippen LogP contribution in [-0.2, 0) is 6.42 Å². The summed E-state index contributed by atoms with van der Waals surface area (Å²) in [7, 11) is 0. The maximum absolute atomic E-state index is 12.6. The largest absolute Gasteiger partial charge is 0.351 e. The molecule has 0 aliphatic heterocycles. The molecule has 0 aliphatic rings. The Balaban J connectivity index is 2.12. The van der Waals surface area contributed by atoms with E-state index in [2.05, 4.69) is 55.0 Å². The zero-order chi connectivity index (χ0) is 18.2. The maximum atomic E-state index is 12.6. The molecule has 2 aromatic rings. The highest BCUT2D eigenvalue weighted by Gasteiger charge is 2.14. The molecule has 25 heavy (non-hydrogen) atoms. The number of aromatic amines is 1. The minimum atomic E-state index is -0.0727. The molecule has 0 saturated carbocycles. The molecule has 1 heterocycles. The fraction of sp³-hybridized carbons (Fsp3) is 0.318. The van der Waals surface area contributed by atoms with Gasteiger partial charge in [-0.05, 0) is 55.5 Å². The van der Waals surface area contributed by atoms with E-state index in [4.69, 9.17) is 0 Å². The first-order valence-electron chi connectivity index (χ1n) is 8.98. The third kappa shape index (κ3) is 4.96. The second-order valence-electron chi connectivity index (χ2n) is 6.21. The molecule has 132 valence electrons.